The summed E-state index contributed by atoms with van der Waals surface area (Å²) < 4.78 is 5.90. The fourth-order valence-electron chi connectivity index (χ4n) is 3.99. The fourth-order valence-corrected chi connectivity index (χ4v) is 4.12. The topological polar surface area (TPSA) is 105 Å². The first-order valence-corrected chi connectivity index (χ1v) is 10.9. The van der Waals surface area contributed by atoms with E-state index in [0.29, 0.717) is 28.8 Å². The summed E-state index contributed by atoms with van der Waals surface area (Å²) in [5.74, 6) is -0.0336. The van der Waals surface area contributed by atoms with Crippen LogP contribution in [0.4, 0.5) is 5.69 Å². The zero-order valence-electron chi connectivity index (χ0n) is 18.2. The number of benzene rings is 3. The number of hydrogen-bond donors (Lipinski definition) is 4. The van der Waals surface area contributed by atoms with E-state index in [0.717, 1.165) is 24.8 Å². The van der Waals surface area contributed by atoms with Gasteiger partial charge in [-0.05, 0) is 72.4 Å². The third-order valence-corrected chi connectivity index (χ3v) is 5.92. The second-order valence-electron chi connectivity index (χ2n) is 8.04. The van der Waals surface area contributed by atoms with Crippen LogP contribution in [0.5, 0.6) is 11.5 Å². The van der Waals surface area contributed by atoms with Crippen LogP contribution in [0.25, 0.3) is 0 Å². The number of aliphatic hydroxyl groups is 1. The summed E-state index contributed by atoms with van der Waals surface area (Å²) in [6, 6.07) is 17.9. The number of nitrogens with one attached hydrogen (secondary N) is 1. The van der Waals surface area contributed by atoms with Crippen LogP contribution in [0, 0.1) is 0 Å². The second kappa shape index (κ2) is 12.3. The van der Waals surface area contributed by atoms with Gasteiger partial charge in [-0.1, -0.05) is 29.8 Å². The summed E-state index contributed by atoms with van der Waals surface area (Å²) in [7, 11) is 0. The summed E-state index contributed by atoms with van der Waals surface area (Å²) in [5.41, 5.74) is 9.50. The van der Waals surface area contributed by atoms with Gasteiger partial charge in [-0.3, -0.25) is 0 Å². The molecule has 5 N–H and O–H groups in total. The Morgan fingerprint density at radius 1 is 1.06 bits per heavy atom. The molecule has 2 atom stereocenters. The van der Waals surface area contributed by atoms with Gasteiger partial charge < -0.3 is 26.0 Å². The number of ether oxygens (including phenoxy) is 1. The van der Waals surface area contributed by atoms with E-state index >= 15 is 0 Å². The van der Waals surface area contributed by atoms with E-state index in [1.807, 2.05) is 30.3 Å². The average Bonchev–Trinajstić information content (AvgIpc) is 2.77. The van der Waals surface area contributed by atoms with Gasteiger partial charge in [0, 0.05) is 29.4 Å². The van der Waals surface area contributed by atoms with E-state index in [9.17, 15) is 15.0 Å². The van der Waals surface area contributed by atoms with Crippen molar-refractivity contribution in [2.75, 3.05) is 12.3 Å². The highest BCUT2D eigenvalue weighted by Crippen LogP contribution is 2.30. The van der Waals surface area contributed by atoms with Crippen molar-refractivity contribution in [3.63, 3.8) is 0 Å². The first-order chi connectivity index (χ1) is 15.4. The van der Waals surface area contributed by atoms with Crippen molar-refractivity contribution >= 4 is 48.1 Å². The number of anilines is 1. The molecule has 3 aromatic rings. The molecular formula is C25H27Cl3N2O4. The van der Waals surface area contributed by atoms with Crippen molar-refractivity contribution in [1.29, 1.82) is 0 Å². The number of aliphatic hydroxyl groups excluding tert-OH is 1. The molecule has 1 aliphatic rings. The highest BCUT2D eigenvalue weighted by molar-refractivity contribution is 6.30. The predicted octanol–water partition coefficient (Wildman–Crippen LogP) is 5.44. The highest BCUT2D eigenvalue weighted by Gasteiger charge is 2.20. The van der Waals surface area contributed by atoms with Gasteiger partial charge in [0.15, 0.2) is 0 Å². The minimum absolute atomic E-state index is 0. The second-order valence-corrected chi connectivity index (χ2v) is 8.48. The third kappa shape index (κ3) is 7.01. The molecule has 0 heterocycles. The van der Waals surface area contributed by atoms with Crippen molar-refractivity contribution in [3.05, 3.63) is 87.9 Å². The molecule has 34 heavy (non-hydrogen) atoms. The van der Waals surface area contributed by atoms with Gasteiger partial charge >= 0.3 is 5.97 Å². The number of carboxylic acid groups (broad SMARTS) is 1. The van der Waals surface area contributed by atoms with E-state index in [1.54, 1.807) is 18.2 Å². The molecule has 0 unspecified atom stereocenters. The predicted molar refractivity (Wildman–Crippen MR) is 139 cm³/mol. The Morgan fingerprint density at radius 2 is 1.79 bits per heavy atom. The molecule has 182 valence electrons. The van der Waals surface area contributed by atoms with E-state index in [2.05, 4.69) is 5.32 Å². The number of nitrogen functional groups attached to an aromatic ring is 1. The van der Waals surface area contributed by atoms with Gasteiger partial charge in [-0.2, -0.15) is 0 Å². The lowest BCUT2D eigenvalue weighted by molar-refractivity contribution is 0.0696. The maximum absolute atomic E-state index is 11.3. The molecule has 4 rings (SSSR count). The molecule has 6 nitrogen and oxygen atoms in total. The maximum atomic E-state index is 11.3. The molecule has 0 aromatic heterocycles. The quantitative estimate of drug-likeness (QED) is 0.306. The van der Waals surface area contributed by atoms with Gasteiger partial charge in [-0.15, -0.1) is 24.8 Å². The minimum atomic E-state index is -1.05. The lowest BCUT2D eigenvalue weighted by Gasteiger charge is -2.27. The Bertz CT molecular complexity index is 1130. The fraction of sp³-hybridized carbons (Fsp3) is 0.240. The van der Waals surface area contributed by atoms with E-state index < -0.39 is 12.1 Å². The summed E-state index contributed by atoms with van der Waals surface area (Å²) in [5, 5.41) is 23.8. The van der Waals surface area contributed by atoms with E-state index in [-0.39, 0.29) is 36.4 Å². The number of aryl methyl sites for hydroxylation is 1. The molecular weight excluding hydrogens is 499 g/mol. The monoisotopic (exact) mass is 524 g/mol. The molecule has 0 saturated heterocycles. The highest BCUT2D eigenvalue weighted by atomic mass is 35.5. The molecule has 0 saturated carbocycles. The number of fused-ring (bicyclic) bond motifs is 1. The van der Waals surface area contributed by atoms with Crippen LogP contribution < -0.4 is 15.8 Å². The number of aromatic carboxylic acids is 1. The number of carboxylic acids is 1. The number of hydrogen-bond acceptors (Lipinski definition) is 5. The van der Waals surface area contributed by atoms with Crippen molar-refractivity contribution in [1.82, 2.24) is 5.32 Å². The third-order valence-electron chi connectivity index (χ3n) is 5.67. The average molecular weight is 526 g/mol. The first-order valence-electron chi connectivity index (χ1n) is 10.5. The number of halogens is 3. The van der Waals surface area contributed by atoms with Crippen molar-refractivity contribution in [3.8, 4) is 11.5 Å². The molecule has 0 amide bonds. The number of nitrogens with two attached hydrogens (primary N) is 1. The van der Waals surface area contributed by atoms with Crippen LogP contribution in [-0.4, -0.2) is 28.8 Å². The summed E-state index contributed by atoms with van der Waals surface area (Å²) in [6.07, 6.45) is 2.14. The Morgan fingerprint density at radius 3 is 2.50 bits per heavy atom. The Balaban J connectivity index is 0.00000204. The van der Waals surface area contributed by atoms with Gasteiger partial charge in [0.05, 0.1) is 11.7 Å². The maximum Gasteiger partial charge on any atom is 0.335 e. The lowest BCUT2D eigenvalue weighted by atomic mass is 9.88. The molecule has 0 bridgehead atoms. The molecule has 9 heteroatoms. The van der Waals surface area contributed by atoms with Crippen LogP contribution in [0.2, 0.25) is 5.02 Å². The van der Waals surface area contributed by atoms with Crippen LogP contribution in [0.1, 0.15) is 39.6 Å². The van der Waals surface area contributed by atoms with Gasteiger partial charge in [0.2, 0.25) is 0 Å². The smallest absolute Gasteiger partial charge is 0.335 e. The van der Waals surface area contributed by atoms with Crippen LogP contribution in [0.3, 0.4) is 0 Å². The van der Waals surface area contributed by atoms with Crippen LogP contribution in [0.15, 0.2) is 60.7 Å². The van der Waals surface area contributed by atoms with Crippen molar-refractivity contribution < 1.29 is 19.7 Å². The number of carbonyl (C=O) groups is 1. The number of rotatable bonds is 7. The summed E-state index contributed by atoms with van der Waals surface area (Å²) >= 11 is 5.92. The van der Waals surface area contributed by atoms with E-state index in [1.165, 1.54) is 23.3 Å². The normalized spacial score (nSPS) is 15.3. The first kappa shape index (κ1) is 27.8. The molecule has 0 aliphatic heterocycles. The van der Waals surface area contributed by atoms with Crippen molar-refractivity contribution in [2.45, 2.75) is 31.4 Å². The van der Waals surface area contributed by atoms with Gasteiger partial charge in [-0.25, -0.2) is 4.79 Å². The van der Waals surface area contributed by atoms with Gasteiger partial charge in [0.25, 0.3) is 0 Å². The summed E-state index contributed by atoms with van der Waals surface area (Å²) in [4.78, 5) is 11.3. The molecule has 0 fully saturated rings. The largest absolute Gasteiger partial charge is 0.478 e. The van der Waals surface area contributed by atoms with Crippen LogP contribution >= 0.6 is 36.4 Å². The Labute approximate surface area is 215 Å². The lowest BCUT2D eigenvalue weighted by Crippen LogP contribution is -2.37. The molecule has 1 aliphatic carbocycles. The van der Waals surface area contributed by atoms with Crippen molar-refractivity contribution in [2.24, 2.45) is 0 Å². The molecule has 3 aromatic carbocycles. The molecule has 0 spiro atoms. The standard InChI is InChI=1S/C25H25ClN2O4.2ClH/c26-19-5-1-16(2-6-19)24(29)14-28-21-7-3-15-4-8-22(11-17(15)10-21)32-23-12-18(25(30)31)9-20(27)13-23;;/h1-2,4-6,8-9,11-13,21,24,28-29H,3,7,10,14,27H2,(H,30,31);2*1H/t21-,24-;;/m0../s1. The zero-order valence-corrected chi connectivity index (χ0v) is 20.6. The Hall–Kier alpha value is -2.48. The van der Waals surface area contributed by atoms with E-state index in [4.69, 9.17) is 22.1 Å². The van der Waals surface area contributed by atoms with Gasteiger partial charge in [0.1, 0.15) is 11.5 Å². The minimum Gasteiger partial charge on any atom is -0.478 e. The SMILES string of the molecule is Cl.Cl.Nc1cc(Oc2ccc3c(c2)C[C@@H](NC[C@H](O)c2ccc(Cl)cc2)CC3)cc(C(=O)O)c1. The van der Waals surface area contributed by atoms with Crippen LogP contribution in [-0.2, 0) is 12.8 Å². The molecule has 0 radical (unpaired) electrons. The Kier molecular flexibility index (Phi) is 10.0. The zero-order chi connectivity index (χ0) is 22.7. The summed E-state index contributed by atoms with van der Waals surface area (Å²) in [6.45, 7) is 0.457.